The molecule has 0 atom stereocenters. The average molecular weight is 324 g/mol. The van der Waals surface area contributed by atoms with Crippen molar-refractivity contribution in [2.75, 3.05) is 6.26 Å². The zero-order valence-electron chi connectivity index (χ0n) is 12.7. The van der Waals surface area contributed by atoms with E-state index < -0.39 is 0 Å². The number of pyridine rings is 1. The van der Waals surface area contributed by atoms with Crippen LogP contribution in [0.1, 0.15) is 15.9 Å². The molecule has 0 saturated heterocycles. The van der Waals surface area contributed by atoms with Gasteiger partial charge in [0.25, 0.3) is 5.91 Å². The normalized spacial score (nSPS) is 10.5. The number of carbonyl (C=O) groups excluding carboxylic acids is 1. The maximum Gasteiger partial charge on any atom is 0.251 e. The Bertz CT molecular complexity index is 766. The van der Waals surface area contributed by atoms with Crippen LogP contribution < -0.4 is 5.32 Å². The van der Waals surface area contributed by atoms with E-state index in [0.717, 1.165) is 21.7 Å². The van der Waals surface area contributed by atoms with Gasteiger partial charge in [-0.05, 0) is 48.2 Å². The molecule has 0 radical (unpaired) electrons. The second-order valence-corrected chi connectivity index (χ2v) is 5.85. The fourth-order valence-electron chi connectivity index (χ4n) is 2.14. The van der Waals surface area contributed by atoms with Gasteiger partial charge in [0.1, 0.15) is 0 Å². The summed E-state index contributed by atoms with van der Waals surface area (Å²) in [6.07, 6.45) is 7.05. The van der Waals surface area contributed by atoms with Gasteiger partial charge < -0.3 is 9.73 Å². The first kappa shape index (κ1) is 15.4. The Labute approximate surface area is 138 Å². The van der Waals surface area contributed by atoms with Crippen molar-refractivity contribution in [3.05, 3.63) is 72.3 Å². The van der Waals surface area contributed by atoms with E-state index in [1.165, 1.54) is 0 Å². The highest BCUT2D eigenvalue weighted by molar-refractivity contribution is 7.98. The monoisotopic (exact) mass is 324 g/mol. The van der Waals surface area contributed by atoms with E-state index in [9.17, 15) is 4.79 Å². The molecule has 3 rings (SSSR count). The van der Waals surface area contributed by atoms with E-state index >= 15 is 0 Å². The van der Waals surface area contributed by atoms with Gasteiger partial charge in [0, 0.05) is 28.8 Å². The molecule has 2 aromatic heterocycles. The van der Waals surface area contributed by atoms with E-state index in [-0.39, 0.29) is 5.91 Å². The highest BCUT2D eigenvalue weighted by atomic mass is 32.2. The number of benzene rings is 1. The quantitative estimate of drug-likeness (QED) is 0.721. The minimum absolute atomic E-state index is 0.0865. The Morgan fingerprint density at radius 1 is 1.17 bits per heavy atom. The molecule has 1 N–H and O–H groups in total. The molecule has 0 aliphatic heterocycles. The molecule has 0 spiro atoms. The Morgan fingerprint density at radius 3 is 2.61 bits per heavy atom. The van der Waals surface area contributed by atoms with Crippen LogP contribution >= 0.6 is 11.8 Å². The van der Waals surface area contributed by atoms with Crippen molar-refractivity contribution in [1.82, 2.24) is 10.3 Å². The lowest BCUT2D eigenvalue weighted by atomic mass is 10.2. The summed E-state index contributed by atoms with van der Waals surface area (Å²) in [4.78, 5) is 17.6. The summed E-state index contributed by atoms with van der Waals surface area (Å²) in [5.74, 6) is -0.0865. The van der Waals surface area contributed by atoms with Gasteiger partial charge >= 0.3 is 0 Å². The Hall–Kier alpha value is -2.53. The largest absolute Gasteiger partial charge is 0.472 e. The summed E-state index contributed by atoms with van der Waals surface area (Å²) in [6, 6.07) is 13.3. The van der Waals surface area contributed by atoms with Crippen molar-refractivity contribution < 1.29 is 9.21 Å². The number of furan rings is 1. The smallest absolute Gasteiger partial charge is 0.251 e. The van der Waals surface area contributed by atoms with Gasteiger partial charge in [0.15, 0.2) is 0 Å². The van der Waals surface area contributed by atoms with Crippen molar-refractivity contribution in [2.45, 2.75) is 11.4 Å². The molecule has 0 unspecified atom stereocenters. The van der Waals surface area contributed by atoms with Crippen LogP contribution in [-0.2, 0) is 6.54 Å². The van der Waals surface area contributed by atoms with Gasteiger partial charge in [-0.2, -0.15) is 0 Å². The van der Waals surface area contributed by atoms with Crippen LogP contribution in [0.2, 0.25) is 0 Å². The van der Waals surface area contributed by atoms with E-state index in [4.69, 9.17) is 4.42 Å². The average Bonchev–Trinajstić information content (AvgIpc) is 3.15. The van der Waals surface area contributed by atoms with Crippen LogP contribution in [0.25, 0.3) is 11.3 Å². The topological polar surface area (TPSA) is 55.1 Å². The molecule has 0 saturated carbocycles. The van der Waals surface area contributed by atoms with Gasteiger partial charge in [0.05, 0.1) is 18.2 Å². The third-order valence-corrected chi connectivity index (χ3v) is 4.19. The molecule has 0 bridgehead atoms. The van der Waals surface area contributed by atoms with Crippen LogP contribution in [0.5, 0.6) is 0 Å². The molecule has 116 valence electrons. The predicted octanol–water partition coefficient (Wildman–Crippen LogP) is 3.99. The fourth-order valence-corrected chi connectivity index (χ4v) is 2.55. The zero-order chi connectivity index (χ0) is 16.1. The van der Waals surface area contributed by atoms with Gasteiger partial charge in [0.2, 0.25) is 0 Å². The molecule has 4 nitrogen and oxygen atoms in total. The number of rotatable bonds is 5. The first-order valence-electron chi connectivity index (χ1n) is 7.16. The van der Waals surface area contributed by atoms with Crippen molar-refractivity contribution in [1.29, 1.82) is 0 Å². The van der Waals surface area contributed by atoms with Crippen LogP contribution in [0.15, 0.2) is 70.5 Å². The molecule has 23 heavy (non-hydrogen) atoms. The van der Waals surface area contributed by atoms with E-state index in [0.29, 0.717) is 12.1 Å². The van der Waals surface area contributed by atoms with Gasteiger partial charge in [-0.15, -0.1) is 11.8 Å². The van der Waals surface area contributed by atoms with E-state index in [1.54, 1.807) is 30.5 Å². The highest BCUT2D eigenvalue weighted by Gasteiger charge is 2.06. The molecule has 2 heterocycles. The fraction of sp³-hybridized carbons (Fsp3) is 0.111. The number of nitrogens with one attached hydrogen (secondary N) is 1. The van der Waals surface area contributed by atoms with Gasteiger partial charge in [-0.25, -0.2) is 0 Å². The summed E-state index contributed by atoms with van der Waals surface area (Å²) in [5, 5.41) is 2.90. The molecular formula is C18H16N2O2S. The van der Waals surface area contributed by atoms with Crippen molar-refractivity contribution in [2.24, 2.45) is 0 Å². The molecule has 5 heteroatoms. The lowest BCUT2D eigenvalue weighted by Crippen LogP contribution is -2.22. The lowest BCUT2D eigenvalue weighted by Gasteiger charge is -2.06. The second kappa shape index (κ2) is 7.15. The van der Waals surface area contributed by atoms with Crippen LogP contribution in [0, 0.1) is 0 Å². The number of hydrogen-bond donors (Lipinski definition) is 1. The van der Waals surface area contributed by atoms with Crippen LogP contribution in [-0.4, -0.2) is 17.1 Å². The Balaban J connectivity index is 1.60. The first-order chi connectivity index (χ1) is 11.3. The van der Waals surface area contributed by atoms with Crippen LogP contribution in [0.3, 0.4) is 0 Å². The minimum atomic E-state index is -0.0865. The standard InChI is InChI=1S/C18H16N2O2S/c1-23-16-5-3-14(4-6-16)18(21)20-11-13-2-7-17(19-10-13)15-8-9-22-12-15/h2-10,12H,11H2,1H3,(H,20,21). The summed E-state index contributed by atoms with van der Waals surface area (Å²) >= 11 is 1.65. The number of carbonyl (C=O) groups is 1. The first-order valence-corrected chi connectivity index (χ1v) is 8.38. The molecule has 1 aromatic carbocycles. The maximum absolute atomic E-state index is 12.1. The molecule has 0 fully saturated rings. The van der Waals surface area contributed by atoms with Crippen LogP contribution in [0.4, 0.5) is 0 Å². The predicted molar refractivity (Wildman–Crippen MR) is 91.3 cm³/mol. The van der Waals surface area contributed by atoms with E-state index in [1.807, 2.05) is 48.7 Å². The van der Waals surface area contributed by atoms with Crippen molar-refractivity contribution in [3.8, 4) is 11.3 Å². The third-order valence-electron chi connectivity index (χ3n) is 3.45. The lowest BCUT2D eigenvalue weighted by molar-refractivity contribution is 0.0951. The molecule has 0 aliphatic carbocycles. The summed E-state index contributed by atoms with van der Waals surface area (Å²) < 4.78 is 5.05. The molecular weight excluding hydrogens is 308 g/mol. The maximum atomic E-state index is 12.1. The number of hydrogen-bond acceptors (Lipinski definition) is 4. The third kappa shape index (κ3) is 3.81. The Kier molecular flexibility index (Phi) is 4.78. The SMILES string of the molecule is CSc1ccc(C(=O)NCc2ccc(-c3ccoc3)nc2)cc1. The summed E-state index contributed by atoms with van der Waals surface area (Å²) in [7, 11) is 0. The minimum Gasteiger partial charge on any atom is -0.472 e. The molecule has 0 aliphatic rings. The van der Waals surface area contributed by atoms with Gasteiger partial charge in [-0.1, -0.05) is 6.07 Å². The Morgan fingerprint density at radius 2 is 2.00 bits per heavy atom. The zero-order valence-corrected chi connectivity index (χ0v) is 13.5. The number of amides is 1. The van der Waals surface area contributed by atoms with Crippen molar-refractivity contribution >= 4 is 17.7 Å². The van der Waals surface area contributed by atoms with Gasteiger partial charge in [-0.3, -0.25) is 9.78 Å². The summed E-state index contributed by atoms with van der Waals surface area (Å²) in [6.45, 7) is 0.446. The van der Waals surface area contributed by atoms with E-state index in [2.05, 4.69) is 10.3 Å². The second-order valence-electron chi connectivity index (χ2n) is 4.97. The molecule has 3 aromatic rings. The number of nitrogens with zero attached hydrogens (tertiary/aromatic N) is 1. The number of aromatic nitrogens is 1. The highest BCUT2D eigenvalue weighted by Crippen LogP contribution is 2.17. The number of thioether (sulfide) groups is 1. The molecule has 1 amide bonds. The summed E-state index contributed by atoms with van der Waals surface area (Å²) in [5.41, 5.74) is 3.40. The van der Waals surface area contributed by atoms with Crippen molar-refractivity contribution in [3.63, 3.8) is 0 Å².